The first-order chi connectivity index (χ1) is 8.08. The fraction of sp³-hybridized carbons (Fsp3) is 0.538. The van der Waals surface area contributed by atoms with Crippen LogP contribution in [0.15, 0.2) is 12.1 Å². The zero-order chi connectivity index (χ0) is 12.8. The molecule has 1 aromatic carbocycles. The zero-order valence-electron chi connectivity index (χ0n) is 11.0. The van der Waals surface area contributed by atoms with Gasteiger partial charge in [0.1, 0.15) is 5.75 Å². The smallest absolute Gasteiger partial charge is 0.140 e. The molecule has 0 bridgehead atoms. The van der Waals surface area contributed by atoms with Crippen molar-refractivity contribution in [3.05, 3.63) is 28.3 Å². The number of benzene rings is 1. The van der Waals surface area contributed by atoms with Crippen LogP contribution in [0.2, 0.25) is 5.02 Å². The van der Waals surface area contributed by atoms with E-state index in [0.717, 1.165) is 17.5 Å². The van der Waals surface area contributed by atoms with E-state index in [4.69, 9.17) is 26.8 Å². The molecule has 0 fully saturated rings. The van der Waals surface area contributed by atoms with Crippen LogP contribution in [0.3, 0.4) is 0 Å². The number of hydrogen-bond donors (Lipinski definition) is 1. The van der Waals surface area contributed by atoms with Gasteiger partial charge in [0.05, 0.1) is 18.7 Å². The van der Waals surface area contributed by atoms with E-state index in [-0.39, 0.29) is 18.4 Å². The molecule has 0 spiro atoms. The second kappa shape index (κ2) is 8.59. The second-order valence-corrected chi connectivity index (χ2v) is 4.50. The molecular weight excluding hydrogens is 273 g/mol. The Bertz CT molecular complexity index is 370. The maximum absolute atomic E-state index is 6.18. The molecule has 0 aliphatic rings. The topological polar surface area (TPSA) is 44.5 Å². The quantitative estimate of drug-likeness (QED) is 0.876. The number of ether oxygens (including phenoxy) is 2. The van der Waals surface area contributed by atoms with Crippen molar-refractivity contribution in [1.82, 2.24) is 0 Å². The van der Waals surface area contributed by atoms with E-state index in [2.05, 4.69) is 0 Å². The van der Waals surface area contributed by atoms with E-state index < -0.39 is 0 Å². The van der Waals surface area contributed by atoms with Crippen molar-refractivity contribution in [2.24, 2.45) is 5.73 Å². The second-order valence-electron chi connectivity index (χ2n) is 4.09. The molecule has 1 rings (SSSR count). The molecule has 2 N–H and O–H groups in total. The van der Waals surface area contributed by atoms with Gasteiger partial charge in [0.2, 0.25) is 0 Å². The molecule has 0 saturated carbocycles. The molecule has 0 aromatic heterocycles. The van der Waals surface area contributed by atoms with Crippen molar-refractivity contribution in [2.75, 3.05) is 13.7 Å². The summed E-state index contributed by atoms with van der Waals surface area (Å²) in [7, 11) is 1.62. The van der Waals surface area contributed by atoms with Crippen LogP contribution in [0.1, 0.15) is 25.0 Å². The van der Waals surface area contributed by atoms with Crippen LogP contribution in [-0.2, 0) is 17.8 Å². The average molecular weight is 294 g/mol. The van der Waals surface area contributed by atoms with Crippen LogP contribution in [0.4, 0.5) is 0 Å². The first kappa shape index (κ1) is 17.5. The van der Waals surface area contributed by atoms with Crippen LogP contribution in [-0.4, -0.2) is 19.8 Å². The van der Waals surface area contributed by atoms with E-state index in [0.29, 0.717) is 24.0 Å². The molecule has 1 aromatic rings. The fourth-order valence-corrected chi connectivity index (χ4v) is 2.08. The van der Waals surface area contributed by atoms with Gasteiger partial charge in [-0.1, -0.05) is 11.6 Å². The summed E-state index contributed by atoms with van der Waals surface area (Å²) in [6.45, 7) is 5.18. The van der Waals surface area contributed by atoms with Crippen LogP contribution in [0.25, 0.3) is 0 Å². The van der Waals surface area contributed by atoms with E-state index >= 15 is 0 Å². The number of nitrogens with two attached hydrogens (primary N) is 1. The highest BCUT2D eigenvalue weighted by atomic mass is 35.5. The molecule has 5 heteroatoms. The van der Waals surface area contributed by atoms with E-state index in [9.17, 15) is 0 Å². The molecule has 0 radical (unpaired) electrons. The average Bonchev–Trinajstić information content (AvgIpc) is 2.25. The lowest BCUT2D eigenvalue weighted by atomic mass is 10.0. The van der Waals surface area contributed by atoms with Gasteiger partial charge in [-0.3, -0.25) is 0 Å². The van der Waals surface area contributed by atoms with Gasteiger partial charge in [0.25, 0.3) is 0 Å². The highest BCUT2D eigenvalue weighted by Gasteiger charge is 2.11. The summed E-state index contributed by atoms with van der Waals surface area (Å²) in [6, 6.07) is 3.99. The van der Waals surface area contributed by atoms with Crippen molar-refractivity contribution in [2.45, 2.75) is 32.9 Å². The van der Waals surface area contributed by atoms with Gasteiger partial charge in [-0.15, -0.1) is 12.4 Å². The minimum absolute atomic E-state index is 0. The largest absolute Gasteiger partial charge is 0.495 e. The fourth-order valence-electron chi connectivity index (χ4n) is 1.74. The monoisotopic (exact) mass is 293 g/mol. The third-order valence-electron chi connectivity index (χ3n) is 2.40. The van der Waals surface area contributed by atoms with Crippen LogP contribution in [0.5, 0.6) is 5.75 Å². The minimum Gasteiger partial charge on any atom is -0.495 e. The van der Waals surface area contributed by atoms with E-state index in [1.807, 2.05) is 26.0 Å². The number of hydrogen-bond acceptors (Lipinski definition) is 3. The van der Waals surface area contributed by atoms with Crippen molar-refractivity contribution in [3.63, 3.8) is 0 Å². The predicted molar refractivity (Wildman–Crippen MR) is 77.9 cm³/mol. The highest BCUT2D eigenvalue weighted by Crippen LogP contribution is 2.31. The predicted octanol–water partition coefficient (Wildman–Crippen LogP) is 3.20. The minimum atomic E-state index is 0. The number of methoxy groups -OCH3 is 1. The van der Waals surface area contributed by atoms with Gasteiger partial charge < -0.3 is 15.2 Å². The Morgan fingerprint density at radius 2 is 2.06 bits per heavy atom. The van der Waals surface area contributed by atoms with Crippen LogP contribution < -0.4 is 10.5 Å². The molecule has 18 heavy (non-hydrogen) atoms. The molecule has 104 valence electrons. The highest BCUT2D eigenvalue weighted by molar-refractivity contribution is 6.32. The summed E-state index contributed by atoms with van der Waals surface area (Å²) in [5.41, 5.74) is 7.90. The third-order valence-corrected chi connectivity index (χ3v) is 2.68. The summed E-state index contributed by atoms with van der Waals surface area (Å²) >= 11 is 6.18. The van der Waals surface area contributed by atoms with Gasteiger partial charge in [0.15, 0.2) is 0 Å². The lowest BCUT2D eigenvalue weighted by Gasteiger charge is -2.14. The standard InChI is InChI=1S/C13H20ClNO2.ClH/c1-4-17-8-10-6-11(5-9(2)15)13(16-3)12(14)7-10;/h6-7,9H,4-5,8,15H2,1-3H3;1H. The van der Waals surface area contributed by atoms with Gasteiger partial charge >= 0.3 is 0 Å². The van der Waals surface area contributed by atoms with Gasteiger partial charge in [0, 0.05) is 12.6 Å². The molecular formula is C13H21Cl2NO2. The molecule has 0 aliphatic heterocycles. The maximum atomic E-state index is 6.18. The van der Waals surface area contributed by atoms with Crippen molar-refractivity contribution in [1.29, 1.82) is 0 Å². The molecule has 0 saturated heterocycles. The van der Waals surface area contributed by atoms with Gasteiger partial charge in [-0.05, 0) is 43.5 Å². The van der Waals surface area contributed by atoms with Crippen LogP contribution >= 0.6 is 24.0 Å². The Balaban J connectivity index is 0.00000289. The number of halogens is 2. The molecule has 0 heterocycles. The Hall–Kier alpha value is -0.480. The van der Waals surface area contributed by atoms with E-state index in [1.165, 1.54) is 0 Å². The Morgan fingerprint density at radius 3 is 2.56 bits per heavy atom. The molecule has 0 amide bonds. The molecule has 0 aliphatic carbocycles. The normalized spacial score (nSPS) is 11.8. The Labute approximate surface area is 120 Å². The Kier molecular flexibility index (Phi) is 8.36. The first-order valence-electron chi connectivity index (χ1n) is 5.77. The summed E-state index contributed by atoms with van der Waals surface area (Å²) in [6.07, 6.45) is 0.739. The van der Waals surface area contributed by atoms with Crippen molar-refractivity contribution in [3.8, 4) is 5.75 Å². The summed E-state index contributed by atoms with van der Waals surface area (Å²) in [4.78, 5) is 0. The van der Waals surface area contributed by atoms with Crippen molar-refractivity contribution < 1.29 is 9.47 Å². The molecule has 3 nitrogen and oxygen atoms in total. The van der Waals surface area contributed by atoms with Gasteiger partial charge in [-0.25, -0.2) is 0 Å². The van der Waals surface area contributed by atoms with Gasteiger partial charge in [-0.2, -0.15) is 0 Å². The lowest BCUT2D eigenvalue weighted by molar-refractivity contribution is 0.134. The summed E-state index contributed by atoms with van der Waals surface area (Å²) in [5.74, 6) is 0.712. The van der Waals surface area contributed by atoms with Crippen LogP contribution in [0, 0.1) is 0 Å². The SMILES string of the molecule is CCOCc1cc(Cl)c(OC)c(CC(C)N)c1.Cl. The molecule has 1 unspecified atom stereocenters. The maximum Gasteiger partial charge on any atom is 0.140 e. The summed E-state index contributed by atoms with van der Waals surface area (Å²) < 4.78 is 10.7. The summed E-state index contributed by atoms with van der Waals surface area (Å²) in [5, 5.41) is 0.611. The van der Waals surface area contributed by atoms with Crippen molar-refractivity contribution >= 4 is 24.0 Å². The van der Waals surface area contributed by atoms with E-state index in [1.54, 1.807) is 7.11 Å². The Morgan fingerprint density at radius 1 is 1.39 bits per heavy atom. The zero-order valence-corrected chi connectivity index (χ0v) is 12.6. The lowest BCUT2D eigenvalue weighted by Crippen LogP contribution is -2.18. The number of rotatable bonds is 6. The first-order valence-corrected chi connectivity index (χ1v) is 6.14. The third kappa shape index (κ3) is 5.02. The molecule has 1 atom stereocenters.